The highest BCUT2D eigenvalue weighted by atomic mass is 16.7. The molecule has 9 heteroatoms. The highest BCUT2D eigenvalue weighted by molar-refractivity contribution is 6.10. The standard InChI is InChI=1S/C33H32N2O7/c1-18-30(33(37)35-22-7-9-23(38-2)10-8-22)31(20-6-12-27-29(16-20)42-17-41-27)32-24(34-18)13-21(14-25(32)36)19-5-11-26(39-3)28(15-19)40-4/h5-12,15-16,21,31,34H,13-14,17H2,1-4H3,(H,35,37)/t21-,31+/m1/s1. The third-order valence-electron chi connectivity index (χ3n) is 8.03. The van der Waals surface area contributed by atoms with E-state index in [-0.39, 0.29) is 24.4 Å². The van der Waals surface area contributed by atoms with Crippen molar-refractivity contribution in [2.45, 2.75) is 31.6 Å². The minimum absolute atomic E-state index is 0.0200. The Labute approximate surface area is 244 Å². The molecular weight excluding hydrogens is 536 g/mol. The second-order valence-electron chi connectivity index (χ2n) is 10.4. The van der Waals surface area contributed by atoms with E-state index in [1.807, 2.05) is 43.3 Å². The van der Waals surface area contributed by atoms with Crippen LogP contribution in [0.25, 0.3) is 0 Å². The Balaban J connectivity index is 1.39. The van der Waals surface area contributed by atoms with Crippen molar-refractivity contribution < 1.29 is 33.3 Å². The van der Waals surface area contributed by atoms with Gasteiger partial charge in [0.1, 0.15) is 5.75 Å². The van der Waals surface area contributed by atoms with Gasteiger partial charge in [0.2, 0.25) is 6.79 Å². The van der Waals surface area contributed by atoms with E-state index < -0.39 is 5.92 Å². The van der Waals surface area contributed by atoms with Crippen molar-refractivity contribution in [2.24, 2.45) is 0 Å². The van der Waals surface area contributed by atoms with Crippen molar-refractivity contribution in [3.8, 4) is 28.7 Å². The van der Waals surface area contributed by atoms with E-state index in [0.29, 0.717) is 64.1 Å². The lowest BCUT2D eigenvalue weighted by Crippen LogP contribution is -2.37. The maximum absolute atomic E-state index is 14.0. The molecule has 216 valence electrons. The summed E-state index contributed by atoms with van der Waals surface area (Å²) in [6.45, 7) is 2.00. The van der Waals surface area contributed by atoms with Gasteiger partial charge in [-0.25, -0.2) is 0 Å². The molecule has 3 aromatic carbocycles. The van der Waals surface area contributed by atoms with E-state index in [9.17, 15) is 9.59 Å². The predicted molar refractivity (Wildman–Crippen MR) is 156 cm³/mol. The van der Waals surface area contributed by atoms with Crippen LogP contribution in [-0.4, -0.2) is 39.8 Å². The average molecular weight is 569 g/mol. The summed E-state index contributed by atoms with van der Waals surface area (Å²) >= 11 is 0. The molecule has 6 rings (SSSR count). The number of nitrogens with one attached hydrogen (secondary N) is 2. The number of methoxy groups -OCH3 is 3. The van der Waals surface area contributed by atoms with E-state index in [1.165, 1.54) is 0 Å². The van der Waals surface area contributed by atoms with Gasteiger partial charge in [0.25, 0.3) is 5.91 Å². The first kappa shape index (κ1) is 27.3. The van der Waals surface area contributed by atoms with Crippen LogP contribution in [0.4, 0.5) is 5.69 Å². The van der Waals surface area contributed by atoms with Crippen LogP contribution in [0.2, 0.25) is 0 Å². The van der Waals surface area contributed by atoms with Crippen LogP contribution in [0, 0.1) is 0 Å². The topological polar surface area (TPSA) is 104 Å². The molecule has 2 N–H and O–H groups in total. The molecule has 0 saturated carbocycles. The number of carbonyl (C=O) groups is 2. The third kappa shape index (κ3) is 4.91. The highest BCUT2D eigenvalue weighted by Gasteiger charge is 2.41. The van der Waals surface area contributed by atoms with Gasteiger partial charge in [0.05, 0.1) is 21.3 Å². The van der Waals surface area contributed by atoms with Crippen LogP contribution in [0.3, 0.4) is 0 Å². The zero-order chi connectivity index (χ0) is 29.4. The van der Waals surface area contributed by atoms with Crippen LogP contribution in [0.1, 0.15) is 42.7 Å². The number of fused-ring (bicyclic) bond motifs is 1. The van der Waals surface area contributed by atoms with Crippen LogP contribution in [0.15, 0.2) is 83.2 Å². The Morgan fingerprint density at radius 3 is 2.33 bits per heavy atom. The van der Waals surface area contributed by atoms with Gasteiger partial charge in [-0.05, 0) is 78.9 Å². The number of carbonyl (C=O) groups excluding carboxylic acids is 2. The first-order valence-corrected chi connectivity index (χ1v) is 13.7. The molecule has 0 radical (unpaired) electrons. The molecule has 2 atom stereocenters. The van der Waals surface area contributed by atoms with Gasteiger partial charge in [-0.3, -0.25) is 9.59 Å². The molecule has 0 fully saturated rings. The number of ether oxygens (including phenoxy) is 5. The third-order valence-corrected chi connectivity index (χ3v) is 8.03. The Hall–Kier alpha value is -4.92. The summed E-state index contributed by atoms with van der Waals surface area (Å²) in [4.78, 5) is 27.9. The number of Topliss-reactive ketones (excluding diaryl/α,β-unsaturated/α-hetero) is 1. The fourth-order valence-corrected chi connectivity index (χ4v) is 5.98. The average Bonchev–Trinajstić information content (AvgIpc) is 3.48. The second-order valence-corrected chi connectivity index (χ2v) is 10.4. The molecule has 0 unspecified atom stereocenters. The zero-order valence-corrected chi connectivity index (χ0v) is 23.9. The maximum Gasteiger partial charge on any atom is 0.254 e. The van der Waals surface area contributed by atoms with Gasteiger partial charge in [-0.2, -0.15) is 0 Å². The number of hydrogen-bond donors (Lipinski definition) is 2. The van der Waals surface area contributed by atoms with Crippen LogP contribution >= 0.6 is 0 Å². The van der Waals surface area contributed by atoms with Gasteiger partial charge in [0, 0.05) is 40.6 Å². The molecule has 42 heavy (non-hydrogen) atoms. The quantitative estimate of drug-likeness (QED) is 0.388. The molecule has 3 aliphatic rings. The van der Waals surface area contributed by atoms with E-state index in [4.69, 9.17) is 23.7 Å². The summed E-state index contributed by atoms with van der Waals surface area (Å²) in [5.74, 6) is 2.19. The van der Waals surface area contributed by atoms with Crippen molar-refractivity contribution >= 4 is 17.4 Å². The number of anilines is 1. The van der Waals surface area contributed by atoms with E-state index in [2.05, 4.69) is 10.6 Å². The predicted octanol–water partition coefficient (Wildman–Crippen LogP) is 5.44. The zero-order valence-electron chi connectivity index (χ0n) is 23.9. The summed E-state index contributed by atoms with van der Waals surface area (Å²) in [6.07, 6.45) is 0.895. The van der Waals surface area contributed by atoms with Gasteiger partial charge in [-0.15, -0.1) is 0 Å². The summed E-state index contributed by atoms with van der Waals surface area (Å²) < 4.78 is 27.3. The summed E-state index contributed by atoms with van der Waals surface area (Å²) in [6, 6.07) is 18.5. The Bertz CT molecular complexity index is 1620. The molecular formula is C33H32N2O7. The SMILES string of the molecule is COc1ccc(NC(=O)C2=C(C)NC3=C(C(=O)C[C@H](c4ccc(OC)c(OC)c4)C3)[C@H]2c2ccc3c(c2)OCO3)cc1. The summed E-state index contributed by atoms with van der Waals surface area (Å²) in [5.41, 5.74) is 4.95. The van der Waals surface area contributed by atoms with E-state index in [0.717, 1.165) is 16.8 Å². The highest BCUT2D eigenvalue weighted by Crippen LogP contribution is 2.48. The number of ketones is 1. The van der Waals surface area contributed by atoms with Crippen molar-refractivity contribution in [1.82, 2.24) is 5.32 Å². The van der Waals surface area contributed by atoms with Crippen molar-refractivity contribution in [3.05, 3.63) is 94.3 Å². The number of rotatable bonds is 7. The normalized spacial score (nSPS) is 19.2. The molecule has 2 heterocycles. The smallest absolute Gasteiger partial charge is 0.254 e. The summed E-state index contributed by atoms with van der Waals surface area (Å²) in [5, 5.41) is 6.44. The van der Waals surface area contributed by atoms with E-state index >= 15 is 0 Å². The molecule has 0 bridgehead atoms. The van der Waals surface area contributed by atoms with Gasteiger partial charge >= 0.3 is 0 Å². The van der Waals surface area contributed by atoms with Crippen molar-refractivity contribution in [2.75, 3.05) is 33.4 Å². The largest absolute Gasteiger partial charge is 0.497 e. The number of dihydropyridines is 1. The molecule has 3 aromatic rings. The fraction of sp³-hybridized carbons (Fsp3) is 0.273. The molecule has 2 aliphatic heterocycles. The van der Waals surface area contributed by atoms with Crippen LogP contribution in [-0.2, 0) is 9.59 Å². The Morgan fingerprint density at radius 2 is 1.60 bits per heavy atom. The first-order chi connectivity index (χ1) is 20.4. The first-order valence-electron chi connectivity index (χ1n) is 13.7. The lowest BCUT2D eigenvalue weighted by atomic mass is 9.71. The minimum Gasteiger partial charge on any atom is -0.497 e. The maximum atomic E-state index is 14.0. The molecule has 0 aromatic heterocycles. The lowest BCUT2D eigenvalue weighted by molar-refractivity contribution is -0.116. The van der Waals surface area contributed by atoms with Crippen molar-refractivity contribution in [3.63, 3.8) is 0 Å². The molecule has 1 aliphatic carbocycles. The second kappa shape index (κ2) is 11.2. The number of hydrogen-bond acceptors (Lipinski definition) is 8. The van der Waals surface area contributed by atoms with Gasteiger partial charge in [-0.1, -0.05) is 12.1 Å². The number of benzene rings is 3. The van der Waals surface area contributed by atoms with Gasteiger partial charge in [0.15, 0.2) is 28.8 Å². The number of amides is 1. The molecule has 0 spiro atoms. The fourth-order valence-electron chi connectivity index (χ4n) is 5.98. The monoisotopic (exact) mass is 568 g/mol. The lowest BCUT2D eigenvalue weighted by Gasteiger charge is -2.37. The molecule has 0 saturated heterocycles. The molecule has 9 nitrogen and oxygen atoms in total. The van der Waals surface area contributed by atoms with Gasteiger partial charge < -0.3 is 34.3 Å². The minimum atomic E-state index is -0.590. The van der Waals surface area contributed by atoms with Crippen LogP contribution in [0.5, 0.6) is 28.7 Å². The number of allylic oxidation sites excluding steroid dienone is 3. The summed E-state index contributed by atoms with van der Waals surface area (Å²) in [7, 11) is 4.78. The van der Waals surface area contributed by atoms with E-state index in [1.54, 1.807) is 45.6 Å². The van der Waals surface area contributed by atoms with Crippen LogP contribution < -0.4 is 34.3 Å². The van der Waals surface area contributed by atoms with Crippen molar-refractivity contribution in [1.29, 1.82) is 0 Å². The Morgan fingerprint density at radius 1 is 0.857 bits per heavy atom. The Kier molecular flexibility index (Phi) is 7.24. The molecule has 1 amide bonds.